The molecule has 0 fully saturated rings. The number of carbonyl (C=O) groups excluding carboxylic acids is 1. The molecule has 0 aliphatic carbocycles. The van der Waals surface area contributed by atoms with E-state index in [0.717, 1.165) is 11.1 Å². The molecule has 0 aromatic heterocycles. The Morgan fingerprint density at radius 1 is 0.864 bits per heavy atom. The van der Waals surface area contributed by atoms with Crippen molar-refractivity contribution in [1.82, 2.24) is 0 Å². The quantitative estimate of drug-likeness (QED) is 0.557. The number of benzene rings is 2. The zero-order chi connectivity index (χ0) is 16.3. The highest BCUT2D eigenvalue weighted by molar-refractivity contribution is 5.78. The van der Waals surface area contributed by atoms with E-state index in [1.165, 1.54) is 5.56 Å². The third kappa shape index (κ3) is 3.97. The Morgan fingerprint density at radius 3 is 1.73 bits per heavy atom. The topological polar surface area (TPSA) is 26.3 Å². The molecule has 2 aromatic rings. The van der Waals surface area contributed by atoms with Gasteiger partial charge in [0.15, 0.2) is 0 Å². The van der Waals surface area contributed by atoms with E-state index in [4.69, 9.17) is 4.74 Å². The standard InChI is InChI=1S/C20H24O2/c1-14(2)15-6-8-16(9-7-15)17-10-12-18(13-11-17)22-19(21)20(3,4)5/h6-14H,1-5H3. The first-order valence-corrected chi connectivity index (χ1v) is 7.70. The Labute approximate surface area is 133 Å². The molecule has 0 amide bonds. The molecule has 22 heavy (non-hydrogen) atoms. The van der Waals surface area contributed by atoms with Crippen molar-refractivity contribution in [2.45, 2.75) is 40.5 Å². The summed E-state index contributed by atoms with van der Waals surface area (Å²) in [6.45, 7) is 9.92. The fourth-order valence-electron chi connectivity index (χ4n) is 2.04. The smallest absolute Gasteiger partial charge is 0.316 e. The van der Waals surface area contributed by atoms with Crippen molar-refractivity contribution in [3.63, 3.8) is 0 Å². The molecule has 2 rings (SSSR count). The number of hydrogen-bond donors (Lipinski definition) is 0. The molecule has 0 N–H and O–H groups in total. The van der Waals surface area contributed by atoms with Crippen LogP contribution in [-0.4, -0.2) is 5.97 Å². The first kappa shape index (κ1) is 16.3. The summed E-state index contributed by atoms with van der Waals surface area (Å²) in [5.74, 6) is 0.900. The highest BCUT2D eigenvalue weighted by Crippen LogP contribution is 2.26. The number of hydrogen-bond acceptors (Lipinski definition) is 2. The lowest BCUT2D eigenvalue weighted by Gasteiger charge is -2.16. The Morgan fingerprint density at radius 2 is 1.32 bits per heavy atom. The van der Waals surface area contributed by atoms with Crippen LogP contribution in [0.25, 0.3) is 11.1 Å². The summed E-state index contributed by atoms with van der Waals surface area (Å²) in [6.07, 6.45) is 0. The van der Waals surface area contributed by atoms with E-state index in [1.54, 1.807) is 0 Å². The van der Waals surface area contributed by atoms with Gasteiger partial charge in [0, 0.05) is 0 Å². The van der Waals surface area contributed by atoms with Gasteiger partial charge in [0.05, 0.1) is 5.41 Å². The Kier molecular flexibility index (Phi) is 4.70. The van der Waals surface area contributed by atoms with Gasteiger partial charge in [0.2, 0.25) is 0 Å². The minimum absolute atomic E-state index is 0.221. The molecular weight excluding hydrogens is 272 g/mol. The van der Waals surface area contributed by atoms with Crippen LogP contribution < -0.4 is 4.74 Å². The van der Waals surface area contributed by atoms with Crippen molar-refractivity contribution in [3.8, 4) is 16.9 Å². The van der Waals surface area contributed by atoms with Gasteiger partial charge in [-0.25, -0.2) is 0 Å². The molecule has 0 radical (unpaired) electrons. The van der Waals surface area contributed by atoms with Gasteiger partial charge in [-0.2, -0.15) is 0 Å². The lowest BCUT2D eigenvalue weighted by molar-refractivity contribution is -0.142. The predicted molar refractivity (Wildman–Crippen MR) is 91.1 cm³/mol. The van der Waals surface area contributed by atoms with Gasteiger partial charge in [-0.05, 0) is 55.5 Å². The van der Waals surface area contributed by atoms with Gasteiger partial charge in [-0.1, -0.05) is 50.2 Å². The van der Waals surface area contributed by atoms with Crippen LogP contribution in [0.2, 0.25) is 0 Å². The molecule has 0 heterocycles. The van der Waals surface area contributed by atoms with E-state index in [-0.39, 0.29) is 5.97 Å². The molecular formula is C20H24O2. The summed E-state index contributed by atoms with van der Waals surface area (Å²) in [5, 5.41) is 0. The van der Waals surface area contributed by atoms with Crippen LogP contribution in [0.15, 0.2) is 48.5 Å². The second kappa shape index (κ2) is 6.35. The normalized spacial score (nSPS) is 11.5. The van der Waals surface area contributed by atoms with Crippen LogP contribution in [0.1, 0.15) is 46.1 Å². The van der Waals surface area contributed by atoms with Crippen LogP contribution in [0.5, 0.6) is 5.75 Å². The number of rotatable bonds is 3. The average molecular weight is 296 g/mol. The molecule has 0 aliphatic heterocycles. The van der Waals surface area contributed by atoms with E-state index < -0.39 is 5.41 Å². The summed E-state index contributed by atoms with van der Waals surface area (Å²) >= 11 is 0. The molecule has 0 atom stereocenters. The van der Waals surface area contributed by atoms with Crippen LogP contribution >= 0.6 is 0 Å². The average Bonchev–Trinajstić information content (AvgIpc) is 2.47. The number of ether oxygens (including phenoxy) is 1. The second-order valence-corrected chi connectivity index (χ2v) is 6.94. The summed E-state index contributed by atoms with van der Waals surface area (Å²) in [7, 11) is 0. The van der Waals surface area contributed by atoms with Crippen molar-refractivity contribution in [3.05, 3.63) is 54.1 Å². The van der Waals surface area contributed by atoms with Crippen molar-refractivity contribution < 1.29 is 9.53 Å². The Hall–Kier alpha value is -2.09. The summed E-state index contributed by atoms with van der Waals surface area (Å²) in [5.41, 5.74) is 3.12. The molecule has 0 aliphatic rings. The summed E-state index contributed by atoms with van der Waals surface area (Å²) < 4.78 is 5.38. The van der Waals surface area contributed by atoms with Gasteiger partial charge in [0.1, 0.15) is 5.75 Å². The van der Waals surface area contributed by atoms with Gasteiger partial charge in [-0.15, -0.1) is 0 Å². The Bertz CT molecular complexity index is 629. The van der Waals surface area contributed by atoms with E-state index in [2.05, 4.69) is 38.1 Å². The predicted octanol–water partition coefficient (Wildman–Crippen LogP) is 5.43. The lowest BCUT2D eigenvalue weighted by atomic mass is 9.97. The fourth-order valence-corrected chi connectivity index (χ4v) is 2.04. The van der Waals surface area contributed by atoms with Crippen LogP contribution in [-0.2, 0) is 4.79 Å². The number of esters is 1. The molecule has 2 heteroatoms. The van der Waals surface area contributed by atoms with Crippen molar-refractivity contribution in [2.75, 3.05) is 0 Å². The zero-order valence-corrected chi connectivity index (χ0v) is 14.0. The molecule has 0 bridgehead atoms. The lowest BCUT2D eigenvalue weighted by Crippen LogP contribution is -2.25. The van der Waals surface area contributed by atoms with Gasteiger partial charge >= 0.3 is 5.97 Å². The molecule has 0 saturated carbocycles. The maximum absolute atomic E-state index is 11.9. The zero-order valence-electron chi connectivity index (χ0n) is 14.0. The maximum atomic E-state index is 11.9. The molecule has 2 aromatic carbocycles. The van der Waals surface area contributed by atoms with E-state index in [9.17, 15) is 4.79 Å². The molecule has 0 unspecified atom stereocenters. The third-order valence-electron chi connectivity index (χ3n) is 3.59. The molecule has 0 spiro atoms. The number of carbonyl (C=O) groups is 1. The van der Waals surface area contributed by atoms with Gasteiger partial charge in [0.25, 0.3) is 0 Å². The van der Waals surface area contributed by atoms with Gasteiger partial charge < -0.3 is 4.74 Å². The second-order valence-electron chi connectivity index (χ2n) is 6.94. The summed E-state index contributed by atoms with van der Waals surface area (Å²) in [4.78, 5) is 11.9. The first-order valence-electron chi connectivity index (χ1n) is 7.70. The van der Waals surface area contributed by atoms with Crippen molar-refractivity contribution in [1.29, 1.82) is 0 Å². The highest BCUT2D eigenvalue weighted by atomic mass is 16.5. The Balaban J connectivity index is 2.13. The first-order chi connectivity index (χ1) is 10.3. The van der Waals surface area contributed by atoms with Crippen molar-refractivity contribution in [2.24, 2.45) is 5.41 Å². The van der Waals surface area contributed by atoms with E-state index >= 15 is 0 Å². The largest absolute Gasteiger partial charge is 0.426 e. The fraction of sp³-hybridized carbons (Fsp3) is 0.350. The molecule has 116 valence electrons. The monoisotopic (exact) mass is 296 g/mol. The third-order valence-corrected chi connectivity index (χ3v) is 3.59. The van der Waals surface area contributed by atoms with Gasteiger partial charge in [-0.3, -0.25) is 4.79 Å². The maximum Gasteiger partial charge on any atom is 0.316 e. The minimum Gasteiger partial charge on any atom is -0.426 e. The molecule has 2 nitrogen and oxygen atoms in total. The van der Waals surface area contributed by atoms with Crippen molar-refractivity contribution >= 4 is 5.97 Å². The van der Waals surface area contributed by atoms with E-state index in [0.29, 0.717) is 11.7 Å². The minimum atomic E-state index is -0.495. The molecule has 0 saturated heterocycles. The van der Waals surface area contributed by atoms with E-state index in [1.807, 2.05) is 45.0 Å². The van der Waals surface area contributed by atoms with Crippen LogP contribution in [0.3, 0.4) is 0 Å². The highest BCUT2D eigenvalue weighted by Gasteiger charge is 2.23. The summed E-state index contributed by atoms with van der Waals surface area (Å²) in [6, 6.07) is 16.2. The van der Waals surface area contributed by atoms with Crippen LogP contribution in [0.4, 0.5) is 0 Å². The SMILES string of the molecule is CC(C)c1ccc(-c2ccc(OC(=O)C(C)(C)C)cc2)cc1. The van der Waals surface area contributed by atoms with Crippen LogP contribution in [0, 0.1) is 5.41 Å².